The van der Waals surface area contributed by atoms with Gasteiger partial charge in [-0.1, -0.05) is 49.4 Å². The van der Waals surface area contributed by atoms with Crippen LogP contribution in [0.15, 0.2) is 54.6 Å². The maximum absolute atomic E-state index is 13.5. The van der Waals surface area contributed by atoms with Crippen LogP contribution in [0.1, 0.15) is 49.7 Å². The van der Waals surface area contributed by atoms with Crippen molar-refractivity contribution in [3.63, 3.8) is 0 Å². The average Bonchev–Trinajstić information content (AvgIpc) is 3.48. The van der Waals surface area contributed by atoms with Crippen LogP contribution in [0.25, 0.3) is 0 Å². The minimum atomic E-state index is -2.85. The number of likely N-dealkylation sites (tertiary alicyclic amines) is 3. The monoisotopic (exact) mass is 561 g/mol. The first kappa shape index (κ1) is 29.3. The molecule has 0 aliphatic carbocycles. The molecule has 3 fully saturated rings. The molecule has 0 saturated carbocycles. The number of carbonyl (C=O) groups excluding carboxylic acids is 2. The number of carbonyl (C=O) groups is 2. The maximum Gasteiger partial charge on any atom is 0.387 e. The van der Waals surface area contributed by atoms with Crippen molar-refractivity contribution in [3.8, 4) is 5.75 Å². The molecule has 3 aliphatic rings. The van der Waals surface area contributed by atoms with E-state index >= 15 is 0 Å². The average molecular weight is 562 g/mol. The number of hydrogen-bond donors (Lipinski definition) is 0. The first-order chi connectivity index (χ1) is 18.4. The largest absolute Gasteiger partial charge is 0.435 e. The quantitative estimate of drug-likeness (QED) is 0.446. The Morgan fingerprint density at radius 2 is 1.67 bits per heavy atom. The maximum atomic E-state index is 13.5. The number of hydrogen-bond acceptors (Lipinski definition) is 4. The van der Waals surface area contributed by atoms with Gasteiger partial charge in [-0.15, -0.1) is 12.4 Å². The van der Waals surface area contributed by atoms with E-state index in [-0.39, 0.29) is 35.4 Å². The Morgan fingerprint density at radius 3 is 2.31 bits per heavy atom. The van der Waals surface area contributed by atoms with Gasteiger partial charge in [0, 0.05) is 45.1 Å². The van der Waals surface area contributed by atoms with Gasteiger partial charge in [0.2, 0.25) is 11.8 Å². The van der Waals surface area contributed by atoms with Crippen molar-refractivity contribution in [1.82, 2.24) is 14.7 Å². The summed E-state index contributed by atoms with van der Waals surface area (Å²) in [6.07, 6.45) is 3.10. The topological polar surface area (TPSA) is 53.1 Å². The lowest BCUT2D eigenvalue weighted by Gasteiger charge is -2.39. The fraction of sp³-hybridized carbons (Fsp3) is 0.533. The highest BCUT2D eigenvalue weighted by Gasteiger charge is 2.48. The van der Waals surface area contributed by atoms with E-state index in [4.69, 9.17) is 0 Å². The van der Waals surface area contributed by atoms with Crippen LogP contribution < -0.4 is 4.74 Å². The number of piperidine rings is 1. The Balaban J connectivity index is 0.00000353. The van der Waals surface area contributed by atoms with Gasteiger partial charge in [-0.2, -0.15) is 8.78 Å². The third kappa shape index (κ3) is 6.55. The van der Waals surface area contributed by atoms with E-state index in [0.29, 0.717) is 24.8 Å². The summed E-state index contributed by atoms with van der Waals surface area (Å²) in [7, 11) is 0. The van der Waals surface area contributed by atoms with Crippen LogP contribution in [-0.4, -0.2) is 72.4 Å². The Kier molecular flexibility index (Phi) is 9.49. The summed E-state index contributed by atoms with van der Waals surface area (Å²) in [5.41, 5.74) is 1.91. The lowest BCUT2D eigenvalue weighted by Crippen LogP contribution is -2.46. The van der Waals surface area contributed by atoms with E-state index in [1.165, 1.54) is 17.7 Å². The second-order valence-electron chi connectivity index (χ2n) is 11.0. The predicted octanol–water partition coefficient (Wildman–Crippen LogP) is 5.18. The molecular formula is C30H38ClF2N3O3. The molecule has 0 aromatic heterocycles. The van der Waals surface area contributed by atoms with Crippen LogP contribution in [0.5, 0.6) is 5.75 Å². The van der Waals surface area contributed by atoms with Crippen LogP contribution in [0, 0.1) is 11.3 Å². The molecule has 3 aliphatic heterocycles. The van der Waals surface area contributed by atoms with Crippen molar-refractivity contribution in [3.05, 3.63) is 65.7 Å². The van der Waals surface area contributed by atoms with E-state index in [1.54, 1.807) is 12.1 Å². The van der Waals surface area contributed by atoms with Gasteiger partial charge in [-0.25, -0.2) is 0 Å². The molecular weight excluding hydrogens is 524 g/mol. The molecule has 2 aromatic carbocycles. The molecule has 9 heteroatoms. The molecule has 39 heavy (non-hydrogen) atoms. The summed E-state index contributed by atoms with van der Waals surface area (Å²) in [6.45, 7) is 4.58. The first-order valence-corrected chi connectivity index (χ1v) is 13.7. The summed E-state index contributed by atoms with van der Waals surface area (Å²) in [6, 6.07) is 17.1. The predicted molar refractivity (Wildman–Crippen MR) is 148 cm³/mol. The molecule has 5 rings (SSSR count). The summed E-state index contributed by atoms with van der Waals surface area (Å²) in [5, 5.41) is 0. The van der Waals surface area contributed by atoms with Gasteiger partial charge in [0.05, 0.1) is 5.41 Å². The zero-order valence-electron chi connectivity index (χ0n) is 22.4. The van der Waals surface area contributed by atoms with Crippen molar-refractivity contribution in [2.75, 3.05) is 39.3 Å². The van der Waals surface area contributed by atoms with E-state index in [2.05, 4.69) is 33.9 Å². The van der Waals surface area contributed by atoms with Crippen LogP contribution in [0.2, 0.25) is 0 Å². The standard InChI is InChI=1S/C30H37F2N3O3.ClH/c1-2-27(36)35-20-24(26(21-35)23-6-4-3-5-7-23)19-33-15-12-30(13-16-33)14-17-34(28(30)37)18-22-8-10-25(11-9-22)38-29(31)32;/h3-11,24,26,29H,2,12-21H2,1H3;1H/t24-,26+;/m0./s1. The smallest absolute Gasteiger partial charge is 0.387 e. The van der Waals surface area contributed by atoms with Gasteiger partial charge in [-0.05, 0) is 61.5 Å². The summed E-state index contributed by atoms with van der Waals surface area (Å²) < 4.78 is 29.2. The van der Waals surface area contributed by atoms with E-state index in [9.17, 15) is 18.4 Å². The molecule has 3 heterocycles. The second kappa shape index (κ2) is 12.6. The van der Waals surface area contributed by atoms with Crippen LogP contribution in [0.4, 0.5) is 8.78 Å². The molecule has 0 bridgehead atoms. The molecule has 0 radical (unpaired) electrons. The van der Waals surface area contributed by atoms with Crippen molar-refractivity contribution < 1.29 is 23.1 Å². The molecule has 0 N–H and O–H groups in total. The molecule has 0 unspecified atom stereocenters. The molecule has 6 nitrogen and oxygen atoms in total. The van der Waals surface area contributed by atoms with Gasteiger partial charge in [-0.3, -0.25) is 9.59 Å². The highest BCUT2D eigenvalue weighted by molar-refractivity contribution is 5.85. The van der Waals surface area contributed by atoms with E-state index < -0.39 is 6.61 Å². The number of amides is 2. The van der Waals surface area contributed by atoms with Gasteiger partial charge >= 0.3 is 6.61 Å². The Labute approximate surface area is 235 Å². The highest BCUT2D eigenvalue weighted by atomic mass is 35.5. The number of rotatable bonds is 8. The molecule has 2 atom stereocenters. The van der Waals surface area contributed by atoms with Gasteiger partial charge in [0.15, 0.2) is 0 Å². The van der Waals surface area contributed by atoms with Crippen molar-refractivity contribution >= 4 is 24.2 Å². The number of halogens is 3. The Bertz CT molecular complexity index is 1110. The van der Waals surface area contributed by atoms with Gasteiger partial charge in [0.25, 0.3) is 0 Å². The Morgan fingerprint density at radius 1 is 1.00 bits per heavy atom. The fourth-order valence-electron chi connectivity index (χ4n) is 6.56. The van der Waals surface area contributed by atoms with Crippen LogP contribution >= 0.6 is 12.4 Å². The SMILES string of the molecule is CCC(=O)N1C[C@H](CN2CCC3(CC2)CCN(Cc2ccc(OC(F)F)cc2)C3=O)[C@@H](c2ccccc2)C1.Cl. The van der Waals surface area contributed by atoms with Crippen LogP contribution in [-0.2, 0) is 16.1 Å². The minimum Gasteiger partial charge on any atom is -0.435 e. The lowest BCUT2D eigenvalue weighted by molar-refractivity contribution is -0.139. The normalized spacial score (nSPS) is 22.9. The van der Waals surface area contributed by atoms with Crippen LogP contribution in [0.3, 0.4) is 0 Å². The molecule has 212 valence electrons. The molecule has 2 aromatic rings. The number of nitrogens with zero attached hydrogens (tertiary/aromatic N) is 3. The second-order valence-corrected chi connectivity index (χ2v) is 11.0. The minimum absolute atomic E-state index is 0. The molecule has 1 spiro atoms. The molecule has 3 saturated heterocycles. The zero-order valence-corrected chi connectivity index (χ0v) is 23.3. The highest BCUT2D eigenvalue weighted by Crippen LogP contribution is 2.43. The van der Waals surface area contributed by atoms with Crippen molar-refractivity contribution in [2.45, 2.75) is 51.7 Å². The molecule has 2 amide bonds. The lowest BCUT2D eigenvalue weighted by atomic mass is 9.76. The van der Waals surface area contributed by atoms with Gasteiger partial charge < -0.3 is 19.4 Å². The van der Waals surface area contributed by atoms with E-state index in [0.717, 1.165) is 64.1 Å². The number of alkyl halides is 2. The third-order valence-electron chi connectivity index (χ3n) is 8.75. The fourth-order valence-corrected chi connectivity index (χ4v) is 6.56. The van der Waals surface area contributed by atoms with Crippen molar-refractivity contribution in [2.24, 2.45) is 11.3 Å². The van der Waals surface area contributed by atoms with E-state index in [1.807, 2.05) is 22.8 Å². The number of benzene rings is 2. The first-order valence-electron chi connectivity index (χ1n) is 13.7. The van der Waals surface area contributed by atoms with Gasteiger partial charge in [0.1, 0.15) is 5.75 Å². The zero-order chi connectivity index (χ0) is 26.7. The summed E-state index contributed by atoms with van der Waals surface area (Å²) >= 11 is 0. The number of ether oxygens (including phenoxy) is 1. The summed E-state index contributed by atoms with van der Waals surface area (Å²) in [4.78, 5) is 32.4. The summed E-state index contributed by atoms with van der Waals surface area (Å²) in [5.74, 6) is 1.28. The Hall–Kier alpha value is -2.71. The third-order valence-corrected chi connectivity index (χ3v) is 8.75. The van der Waals surface area contributed by atoms with Crippen molar-refractivity contribution in [1.29, 1.82) is 0 Å².